The Kier molecular flexibility index (Phi) is 4.19. The van der Waals surface area contributed by atoms with E-state index in [1.165, 1.54) is 0 Å². The van der Waals surface area contributed by atoms with Crippen molar-refractivity contribution in [1.82, 2.24) is 9.55 Å². The van der Waals surface area contributed by atoms with E-state index >= 15 is 0 Å². The Bertz CT molecular complexity index is 643. The van der Waals surface area contributed by atoms with Crippen LogP contribution in [0.1, 0.15) is 6.23 Å². The summed E-state index contributed by atoms with van der Waals surface area (Å²) in [4.78, 5) is 12.9. The van der Waals surface area contributed by atoms with Crippen molar-refractivity contribution < 1.29 is 32.5 Å². The van der Waals surface area contributed by atoms with Crippen LogP contribution in [-0.4, -0.2) is 44.8 Å². The number of hydrogen-bond acceptors (Lipinski definition) is 5. The lowest BCUT2D eigenvalue weighted by molar-refractivity contribution is -0.211. The average Bonchev–Trinajstić information content (AvgIpc) is 2.70. The fourth-order valence-corrected chi connectivity index (χ4v) is 2.39. The van der Waals surface area contributed by atoms with Crippen molar-refractivity contribution >= 4 is 12.2 Å². The van der Waals surface area contributed by atoms with E-state index in [1.54, 1.807) is 0 Å². The first-order chi connectivity index (χ1) is 9.66. The number of ether oxygens (including phenoxy) is 1. The van der Waals surface area contributed by atoms with Crippen LogP contribution in [0.25, 0.3) is 0 Å². The minimum Gasteiger partial charge on any atom is -0.394 e. The first-order valence-corrected chi connectivity index (χ1v) is 6.09. The maximum absolute atomic E-state index is 13.3. The molecule has 0 bridgehead atoms. The van der Waals surface area contributed by atoms with Crippen molar-refractivity contribution in [3.05, 3.63) is 27.1 Å². The lowest BCUT2D eigenvalue weighted by Crippen LogP contribution is -2.39. The molecule has 2 heterocycles. The van der Waals surface area contributed by atoms with Crippen LogP contribution >= 0.6 is 12.2 Å². The molecule has 1 unspecified atom stereocenters. The average molecular weight is 330 g/mol. The molecule has 1 saturated heterocycles. The predicted molar refractivity (Wildman–Crippen MR) is 62.4 cm³/mol. The Morgan fingerprint density at radius 3 is 2.62 bits per heavy atom. The summed E-state index contributed by atoms with van der Waals surface area (Å²) in [6.45, 7) is -0.858. The fraction of sp³-hybridized carbons (Fsp3) is 0.600. The Balaban J connectivity index is 2.53. The van der Waals surface area contributed by atoms with Gasteiger partial charge in [0.15, 0.2) is 11.0 Å². The van der Waals surface area contributed by atoms with E-state index in [0.29, 0.717) is 10.8 Å². The highest BCUT2D eigenvalue weighted by atomic mass is 32.1. The fourth-order valence-electron chi connectivity index (χ4n) is 2.14. The molecule has 0 aliphatic carbocycles. The molecule has 4 atom stereocenters. The van der Waals surface area contributed by atoms with Crippen molar-refractivity contribution in [3.8, 4) is 0 Å². The van der Waals surface area contributed by atoms with E-state index < -0.39 is 53.3 Å². The second-order valence-corrected chi connectivity index (χ2v) is 4.84. The van der Waals surface area contributed by atoms with E-state index in [9.17, 15) is 27.5 Å². The number of halogens is 4. The van der Waals surface area contributed by atoms with Gasteiger partial charge in [-0.25, -0.2) is 0 Å². The van der Waals surface area contributed by atoms with Crippen LogP contribution in [-0.2, 0) is 4.74 Å². The van der Waals surface area contributed by atoms with Gasteiger partial charge in [-0.1, -0.05) is 0 Å². The molecule has 0 amide bonds. The summed E-state index contributed by atoms with van der Waals surface area (Å²) in [7, 11) is 0. The number of rotatable bonds is 2. The second-order valence-electron chi connectivity index (χ2n) is 4.45. The lowest BCUT2D eigenvalue weighted by Gasteiger charge is -2.24. The molecule has 21 heavy (non-hydrogen) atoms. The summed E-state index contributed by atoms with van der Waals surface area (Å²) >= 11 is 4.67. The van der Waals surface area contributed by atoms with Crippen LogP contribution in [0, 0.1) is 16.5 Å². The molecule has 0 saturated carbocycles. The van der Waals surface area contributed by atoms with Gasteiger partial charge >= 0.3 is 6.18 Å². The lowest BCUT2D eigenvalue weighted by atomic mass is 9.99. The van der Waals surface area contributed by atoms with E-state index in [4.69, 9.17) is 9.84 Å². The number of alkyl halides is 3. The van der Waals surface area contributed by atoms with Crippen LogP contribution in [0.2, 0.25) is 0 Å². The van der Waals surface area contributed by atoms with Gasteiger partial charge in [0.1, 0.15) is 12.0 Å². The zero-order chi connectivity index (χ0) is 15.9. The Morgan fingerprint density at radius 1 is 1.48 bits per heavy atom. The number of aliphatic hydroxyl groups excluding tert-OH is 2. The molecule has 1 aromatic rings. The molecule has 1 fully saturated rings. The number of nitrogens with zero attached hydrogens (tertiary/aromatic N) is 1. The number of nitrogens with one attached hydrogen (secondary N) is 1. The molecule has 2 rings (SSSR count). The van der Waals surface area contributed by atoms with Gasteiger partial charge in [0.25, 0.3) is 5.56 Å². The van der Waals surface area contributed by atoms with Crippen molar-refractivity contribution in [2.75, 3.05) is 6.61 Å². The molecular formula is C10H10F4N2O4S. The number of aliphatic hydroxyl groups is 2. The van der Waals surface area contributed by atoms with Crippen molar-refractivity contribution in [2.24, 2.45) is 5.92 Å². The Morgan fingerprint density at radius 2 is 2.10 bits per heavy atom. The van der Waals surface area contributed by atoms with Gasteiger partial charge in [0.05, 0.1) is 18.9 Å². The van der Waals surface area contributed by atoms with Gasteiger partial charge in [-0.2, -0.15) is 17.6 Å². The monoisotopic (exact) mass is 330 g/mol. The normalized spacial score (nSPS) is 29.8. The molecule has 11 heteroatoms. The van der Waals surface area contributed by atoms with Gasteiger partial charge in [0.2, 0.25) is 5.82 Å². The van der Waals surface area contributed by atoms with Crippen LogP contribution in [0.15, 0.2) is 11.0 Å². The predicted octanol–water partition coefficient (Wildman–Crippen LogP) is 0.474. The second kappa shape index (κ2) is 5.48. The van der Waals surface area contributed by atoms with E-state index in [2.05, 4.69) is 12.2 Å². The summed E-state index contributed by atoms with van der Waals surface area (Å²) in [5.41, 5.74) is -1.18. The summed E-state index contributed by atoms with van der Waals surface area (Å²) < 4.78 is 57.3. The van der Waals surface area contributed by atoms with Crippen LogP contribution in [0.3, 0.4) is 0 Å². The first kappa shape index (κ1) is 16.1. The molecule has 0 radical (unpaired) electrons. The number of hydrogen-bond donors (Lipinski definition) is 3. The first-order valence-electron chi connectivity index (χ1n) is 5.69. The third kappa shape index (κ3) is 2.86. The standard InChI is InChI=1S/C10H10F4N2O4S/c11-3-1-16(9(21)15-7(3)19)8-5(10(12,13)14)6(18)4(2-17)20-8/h1,4-6,8,17-18H,2H2,(H,15,19,21)/t4-,5+,6?,8-/m1/s1. The van der Waals surface area contributed by atoms with Crippen molar-refractivity contribution in [3.63, 3.8) is 0 Å². The Labute approximate surface area is 119 Å². The van der Waals surface area contributed by atoms with Crippen LogP contribution < -0.4 is 5.56 Å². The van der Waals surface area contributed by atoms with Gasteiger partial charge in [-0.05, 0) is 12.2 Å². The largest absolute Gasteiger partial charge is 0.398 e. The maximum Gasteiger partial charge on any atom is 0.398 e. The van der Waals surface area contributed by atoms with Crippen LogP contribution in [0.5, 0.6) is 0 Å². The summed E-state index contributed by atoms with van der Waals surface area (Å²) in [6.07, 6.45) is -9.85. The third-order valence-electron chi connectivity index (χ3n) is 3.13. The Hall–Kier alpha value is -1.30. The molecule has 6 nitrogen and oxygen atoms in total. The minimum atomic E-state index is -4.88. The van der Waals surface area contributed by atoms with Gasteiger partial charge < -0.3 is 14.9 Å². The molecule has 1 aliphatic rings. The SMILES string of the molecule is O=c1[nH]c(=S)n([C@@H]2O[C@H](CO)C(O)[C@@H]2C(F)(F)F)cc1F. The quantitative estimate of drug-likeness (QED) is 0.542. The maximum atomic E-state index is 13.3. The zero-order valence-electron chi connectivity index (χ0n) is 10.2. The number of aromatic nitrogens is 2. The number of aromatic amines is 1. The molecule has 0 aromatic carbocycles. The third-order valence-corrected chi connectivity index (χ3v) is 3.44. The molecule has 3 N–H and O–H groups in total. The van der Waals surface area contributed by atoms with E-state index in [-0.39, 0.29) is 0 Å². The smallest absolute Gasteiger partial charge is 0.394 e. The molecule has 118 valence electrons. The summed E-state index contributed by atoms with van der Waals surface area (Å²) in [6, 6.07) is 0. The molecule has 0 spiro atoms. The van der Waals surface area contributed by atoms with Gasteiger partial charge in [0, 0.05) is 0 Å². The number of H-pyrrole nitrogens is 1. The molecular weight excluding hydrogens is 320 g/mol. The summed E-state index contributed by atoms with van der Waals surface area (Å²) in [5.74, 6) is -3.78. The van der Waals surface area contributed by atoms with E-state index in [1.807, 2.05) is 4.98 Å². The molecule has 1 aromatic heterocycles. The van der Waals surface area contributed by atoms with Gasteiger partial charge in [-0.3, -0.25) is 14.3 Å². The minimum absolute atomic E-state index is 0.469. The highest BCUT2D eigenvalue weighted by Gasteiger charge is 2.58. The summed E-state index contributed by atoms with van der Waals surface area (Å²) in [5, 5.41) is 18.5. The topological polar surface area (TPSA) is 87.5 Å². The van der Waals surface area contributed by atoms with Crippen molar-refractivity contribution in [1.29, 1.82) is 0 Å². The van der Waals surface area contributed by atoms with Crippen LogP contribution in [0.4, 0.5) is 17.6 Å². The van der Waals surface area contributed by atoms with Crippen molar-refractivity contribution in [2.45, 2.75) is 24.6 Å². The highest BCUT2D eigenvalue weighted by Crippen LogP contribution is 2.44. The zero-order valence-corrected chi connectivity index (χ0v) is 11.0. The van der Waals surface area contributed by atoms with E-state index in [0.717, 1.165) is 0 Å². The highest BCUT2D eigenvalue weighted by molar-refractivity contribution is 7.71. The van der Waals surface area contributed by atoms with Gasteiger partial charge in [-0.15, -0.1) is 0 Å². The molecule has 1 aliphatic heterocycles.